The molecule has 48 heavy (non-hydrogen) atoms. The Bertz CT molecular complexity index is 1730. The van der Waals surface area contributed by atoms with Gasteiger partial charge in [0, 0.05) is 17.0 Å². The summed E-state index contributed by atoms with van der Waals surface area (Å²) in [5.41, 5.74) is 11.3. The Kier molecular flexibility index (Phi) is 11.9. The number of hydrogen-bond acceptors (Lipinski definition) is 4. The lowest BCUT2D eigenvalue weighted by atomic mass is 9.81. The highest BCUT2D eigenvalue weighted by Crippen LogP contribution is 2.47. The summed E-state index contributed by atoms with van der Waals surface area (Å²) in [5, 5.41) is 0. The Morgan fingerprint density at radius 1 is 0.438 bits per heavy atom. The van der Waals surface area contributed by atoms with E-state index in [-0.39, 0.29) is 24.0 Å². The second kappa shape index (κ2) is 16.0. The van der Waals surface area contributed by atoms with E-state index >= 15 is 0 Å². The van der Waals surface area contributed by atoms with Gasteiger partial charge in [0.1, 0.15) is 23.0 Å². The molecule has 0 aromatic heterocycles. The molecule has 2 atom stereocenters. The van der Waals surface area contributed by atoms with Crippen LogP contribution in [0, 0.1) is 34.6 Å². The van der Waals surface area contributed by atoms with Gasteiger partial charge >= 0.3 is 0 Å². The number of rotatable bonds is 13. The molecular formula is C42H48O4P2. The van der Waals surface area contributed by atoms with Crippen molar-refractivity contribution in [2.24, 2.45) is 0 Å². The third kappa shape index (κ3) is 8.41. The van der Waals surface area contributed by atoms with E-state index in [1.165, 1.54) is 27.8 Å². The van der Waals surface area contributed by atoms with Crippen molar-refractivity contribution in [3.63, 3.8) is 0 Å². The molecule has 5 rings (SSSR count). The molecule has 0 amide bonds. The van der Waals surface area contributed by atoms with E-state index in [0.717, 1.165) is 50.8 Å². The lowest BCUT2D eigenvalue weighted by Gasteiger charge is -2.27. The van der Waals surface area contributed by atoms with Gasteiger partial charge in [0.15, 0.2) is 0 Å². The fourth-order valence-corrected chi connectivity index (χ4v) is 7.64. The molecule has 0 N–H and O–H groups in total. The maximum atomic E-state index is 6.63. The van der Waals surface area contributed by atoms with Crippen LogP contribution < -0.4 is 18.1 Å². The second-order valence-corrected chi connectivity index (χ2v) is 14.5. The predicted octanol–water partition coefficient (Wildman–Crippen LogP) is 12.6. The van der Waals surface area contributed by atoms with Crippen LogP contribution >= 0.6 is 18.1 Å². The highest BCUT2D eigenvalue weighted by molar-refractivity contribution is 7.27. The van der Waals surface area contributed by atoms with Crippen LogP contribution in [-0.2, 0) is 0 Å². The van der Waals surface area contributed by atoms with Crippen LogP contribution in [0.4, 0.5) is 0 Å². The highest BCUT2D eigenvalue weighted by Gasteiger charge is 2.27. The van der Waals surface area contributed by atoms with E-state index in [4.69, 9.17) is 18.1 Å². The number of hydrogen-bond donors (Lipinski definition) is 0. The van der Waals surface area contributed by atoms with E-state index < -0.39 is 0 Å². The van der Waals surface area contributed by atoms with Crippen molar-refractivity contribution >= 4 is 18.1 Å². The van der Waals surface area contributed by atoms with Crippen LogP contribution in [0.1, 0.15) is 101 Å². The molecule has 4 nitrogen and oxygen atoms in total. The first-order valence-electron chi connectivity index (χ1n) is 16.7. The molecule has 0 aliphatic carbocycles. The standard InChI is InChI=1S/C42H48O4P2/c1-26(2)34-14-10-12-16-38(34)43-47-45-41-31(8)22-29(6)24-36(41)40(33-20-18-28(5)19-21-33)37-25-30(7)23-32(9)42(37)46-48-44-39-17-13-11-15-35(39)27(3)4/h10-27,40,47-48H,1-9H3. The second-order valence-electron chi connectivity index (χ2n) is 13.3. The molecule has 0 saturated carbocycles. The summed E-state index contributed by atoms with van der Waals surface area (Å²) < 4.78 is 25.8. The first kappa shape index (κ1) is 35.5. The van der Waals surface area contributed by atoms with Gasteiger partial charge in [-0.1, -0.05) is 129 Å². The lowest BCUT2D eigenvalue weighted by molar-refractivity contribution is 0.498. The molecule has 6 heteroatoms. The van der Waals surface area contributed by atoms with Crippen LogP contribution in [0.3, 0.4) is 0 Å². The van der Waals surface area contributed by atoms with E-state index in [2.05, 4.69) is 135 Å². The predicted molar refractivity (Wildman–Crippen MR) is 204 cm³/mol. The minimum atomic E-state index is -0.205. The molecule has 0 heterocycles. The van der Waals surface area contributed by atoms with Gasteiger partial charge in [0.2, 0.25) is 0 Å². The zero-order valence-electron chi connectivity index (χ0n) is 29.6. The van der Waals surface area contributed by atoms with Gasteiger partial charge in [-0.25, -0.2) is 0 Å². The number of aryl methyl sites for hydroxylation is 5. The van der Waals surface area contributed by atoms with Crippen molar-refractivity contribution in [1.82, 2.24) is 0 Å². The molecular weight excluding hydrogens is 630 g/mol. The maximum absolute atomic E-state index is 6.63. The lowest BCUT2D eigenvalue weighted by Crippen LogP contribution is -2.09. The zero-order valence-corrected chi connectivity index (χ0v) is 31.6. The topological polar surface area (TPSA) is 36.9 Å². The minimum Gasteiger partial charge on any atom is -0.440 e. The molecule has 0 aliphatic heterocycles. The summed E-state index contributed by atoms with van der Waals surface area (Å²) in [6, 6.07) is 34.1. The van der Waals surface area contributed by atoms with E-state index in [9.17, 15) is 0 Å². The third-order valence-electron chi connectivity index (χ3n) is 8.60. The molecule has 5 aromatic rings. The van der Waals surface area contributed by atoms with Gasteiger partial charge in [0.25, 0.3) is 18.1 Å². The minimum absolute atomic E-state index is 0.159. The van der Waals surface area contributed by atoms with E-state index in [1.54, 1.807) is 0 Å². The molecule has 0 spiro atoms. The molecule has 2 unspecified atom stereocenters. The van der Waals surface area contributed by atoms with Crippen molar-refractivity contribution in [2.75, 3.05) is 0 Å². The van der Waals surface area contributed by atoms with Gasteiger partial charge in [-0.05, 0) is 86.4 Å². The van der Waals surface area contributed by atoms with Crippen molar-refractivity contribution < 1.29 is 18.1 Å². The maximum Gasteiger partial charge on any atom is 0.275 e. The summed E-state index contributed by atoms with van der Waals surface area (Å²) in [7, 11) is -0.410. The van der Waals surface area contributed by atoms with Gasteiger partial charge in [-0.2, -0.15) is 0 Å². The largest absolute Gasteiger partial charge is 0.440 e. The van der Waals surface area contributed by atoms with Crippen LogP contribution in [-0.4, -0.2) is 0 Å². The van der Waals surface area contributed by atoms with Crippen LogP contribution in [0.15, 0.2) is 97.1 Å². The molecule has 250 valence electrons. The number of benzene rings is 5. The van der Waals surface area contributed by atoms with Crippen molar-refractivity contribution in [3.05, 3.63) is 153 Å². The average Bonchev–Trinajstić information content (AvgIpc) is 3.04. The molecule has 0 saturated heterocycles. The van der Waals surface area contributed by atoms with Gasteiger partial charge < -0.3 is 18.1 Å². The summed E-state index contributed by atoms with van der Waals surface area (Å²) in [6.07, 6.45) is 0. The Hall–Kier alpha value is -3.84. The van der Waals surface area contributed by atoms with E-state index in [1.807, 2.05) is 24.3 Å². The van der Waals surface area contributed by atoms with Crippen molar-refractivity contribution in [2.45, 2.75) is 80.1 Å². The monoisotopic (exact) mass is 678 g/mol. The molecule has 0 fully saturated rings. The first-order chi connectivity index (χ1) is 23.0. The first-order valence-corrected chi connectivity index (χ1v) is 18.3. The Labute approximate surface area is 291 Å². The van der Waals surface area contributed by atoms with Crippen LogP contribution in [0.2, 0.25) is 0 Å². The smallest absolute Gasteiger partial charge is 0.275 e. The summed E-state index contributed by atoms with van der Waals surface area (Å²) in [4.78, 5) is 0. The van der Waals surface area contributed by atoms with Crippen molar-refractivity contribution in [1.29, 1.82) is 0 Å². The van der Waals surface area contributed by atoms with Gasteiger partial charge in [0.05, 0.1) is 0 Å². The molecule has 0 aliphatic rings. The Morgan fingerprint density at radius 2 is 0.854 bits per heavy atom. The van der Waals surface area contributed by atoms with Gasteiger partial charge in [-0.15, -0.1) is 0 Å². The normalized spacial score (nSPS) is 12.4. The molecule has 0 radical (unpaired) electrons. The SMILES string of the molecule is Cc1ccc(C(c2cc(C)cc(C)c2OPOc2ccccc2C(C)C)c2cc(C)cc(C)c2OPOc2ccccc2C(C)C)cc1. The zero-order chi connectivity index (χ0) is 34.4. The fourth-order valence-electron chi connectivity index (χ4n) is 6.28. The highest BCUT2D eigenvalue weighted by atomic mass is 31.1. The number of para-hydroxylation sites is 2. The van der Waals surface area contributed by atoms with Crippen molar-refractivity contribution in [3.8, 4) is 23.0 Å². The van der Waals surface area contributed by atoms with Gasteiger partial charge in [-0.3, -0.25) is 0 Å². The Balaban J connectivity index is 1.56. The summed E-state index contributed by atoms with van der Waals surface area (Å²) >= 11 is 0. The molecule has 0 bridgehead atoms. The van der Waals surface area contributed by atoms with Crippen LogP contribution in [0.25, 0.3) is 0 Å². The third-order valence-corrected chi connectivity index (χ3v) is 9.78. The Morgan fingerprint density at radius 3 is 1.27 bits per heavy atom. The molecule has 5 aromatic carbocycles. The van der Waals surface area contributed by atoms with E-state index in [0.29, 0.717) is 11.8 Å². The quantitative estimate of drug-likeness (QED) is 0.0917. The average molecular weight is 679 g/mol. The fraction of sp³-hybridized carbons (Fsp3) is 0.286. The summed E-state index contributed by atoms with van der Waals surface area (Å²) in [6.45, 7) is 19.4. The summed E-state index contributed by atoms with van der Waals surface area (Å²) in [5.74, 6) is 3.92. The van der Waals surface area contributed by atoms with Crippen LogP contribution in [0.5, 0.6) is 23.0 Å².